The normalized spacial score (nSPS) is 11.9. The van der Waals surface area contributed by atoms with E-state index in [2.05, 4.69) is 10.6 Å². The number of hydrogen-bond acceptors (Lipinski definition) is 5. The number of aliphatic hydroxyl groups excluding tert-OH is 1. The number of aliphatic hydroxyl groups is 1. The maximum absolute atomic E-state index is 11.8. The lowest BCUT2D eigenvalue weighted by Gasteiger charge is -2.08. The molecule has 7 nitrogen and oxygen atoms in total. The second-order valence-electron chi connectivity index (χ2n) is 4.26. The summed E-state index contributed by atoms with van der Waals surface area (Å²) in [4.78, 5) is 21.9. The first-order valence-electron chi connectivity index (χ1n) is 6.02. The Morgan fingerprint density at radius 2 is 2.15 bits per heavy atom. The molecule has 110 valence electrons. The molecule has 1 unspecified atom stereocenters. The minimum Gasteiger partial charge on any atom is -0.392 e. The fraction of sp³-hybridized carbons (Fsp3) is 0.417. The van der Waals surface area contributed by atoms with Crippen LogP contribution in [0.25, 0.3) is 0 Å². The summed E-state index contributed by atoms with van der Waals surface area (Å²) in [6.45, 7) is 2.90. The Bertz CT molecular complexity index is 494. The molecular weight excluding hydrogens is 286 g/mol. The molecule has 0 aliphatic heterocycles. The van der Waals surface area contributed by atoms with Crippen molar-refractivity contribution in [2.24, 2.45) is 0 Å². The van der Waals surface area contributed by atoms with E-state index in [4.69, 9.17) is 16.7 Å². The lowest BCUT2D eigenvalue weighted by molar-refractivity contribution is -0.384. The van der Waals surface area contributed by atoms with Crippen molar-refractivity contribution in [1.82, 2.24) is 10.6 Å². The van der Waals surface area contributed by atoms with Gasteiger partial charge in [0.1, 0.15) is 0 Å². The van der Waals surface area contributed by atoms with Crippen molar-refractivity contribution in [2.45, 2.75) is 13.0 Å². The van der Waals surface area contributed by atoms with Crippen molar-refractivity contribution >= 4 is 23.2 Å². The van der Waals surface area contributed by atoms with Crippen molar-refractivity contribution in [3.05, 3.63) is 38.9 Å². The molecule has 0 aromatic heterocycles. The smallest absolute Gasteiger partial charge is 0.271 e. The average Bonchev–Trinajstić information content (AvgIpc) is 2.36. The van der Waals surface area contributed by atoms with E-state index in [-0.39, 0.29) is 16.3 Å². The third kappa shape index (κ3) is 5.52. The van der Waals surface area contributed by atoms with Gasteiger partial charge < -0.3 is 15.7 Å². The molecule has 1 amide bonds. The third-order valence-electron chi connectivity index (χ3n) is 2.38. The SMILES string of the molecule is CC(O)CNCCNC(=O)c1cc(Cl)cc([N+](=O)[O-])c1. The number of benzene rings is 1. The van der Waals surface area contributed by atoms with Crippen LogP contribution in [0.15, 0.2) is 18.2 Å². The van der Waals surface area contributed by atoms with Crippen LogP contribution in [0.5, 0.6) is 0 Å². The molecule has 0 fully saturated rings. The molecular formula is C12H16ClN3O4. The van der Waals surface area contributed by atoms with E-state index in [1.807, 2.05) is 0 Å². The highest BCUT2D eigenvalue weighted by atomic mass is 35.5. The Morgan fingerprint density at radius 3 is 2.75 bits per heavy atom. The van der Waals surface area contributed by atoms with Crippen molar-refractivity contribution in [2.75, 3.05) is 19.6 Å². The summed E-state index contributed by atoms with van der Waals surface area (Å²) in [5.74, 6) is -0.436. The average molecular weight is 302 g/mol. The van der Waals surface area contributed by atoms with Crippen LogP contribution < -0.4 is 10.6 Å². The quantitative estimate of drug-likeness (QED) is 0.395. The van der Waals surface area contributed by atoms with Gasteiger partial charge in [-0.2, -0.15) is 0 Å². The van der Waals surface area contributed by atoms with Crippen LogP contribution in [-0.4, -0.2) is 41.7 Å². The van der Waals surface area contributed by atoms with Gasteiger partial charge in [-0.05, 0) is 13.0 Å². The zero-order valence-electron chi connectivity index (χ0n) is 10.9. The monoisotopic (exact) mass is 301 g/mol. The lowest BCUT2D eigenvalue weighted by Crippen LogP contribution is -2.34. The fourth-order valence-electron chi connectivity index (χ4n) is 1.49. The molecule has 0 radical (unpaired) electrons. The molecule has 0 saturated carbocycles. The maximum Gasteiger partial charge on any atom is 0.271 e. The highest BCUT2D eigenvalue weighted by Gasteiger charge is 2.13. The van der Waals surface area contributed by atoms with E-state index in [0.717, 1.165) is 0 Å². The van der Waals surface area contributed by atoms with Gasteiger partial charge in [0.2, 0.25) is 0 Å². The minimum absolute atomic E-state index is 0.136. The number of carbonyl (C=O) groups is 1. The number of nitrogens with zero attached hydrogens (tertiary/aromatic N) is 1. The highest BCUT2D eigenvalue weighted by Crippen LogP contribution is 2.20. The van der Waals surface area contributed by atoms with Crippen LogP contribution in [0.3, 0.4) is 0 Å². The molecule has 1 aromatic rings. The Morgan fingerprint density at radius 1 is 1.45 bits per heavy atom. The number of nitro benzene ring substituents is 1. The Hall–Kier alpha value is -1.70. The van der Waals surface area contributed by atoms with Gasteiger partial charge >= 0.3 is 0 Å². The maximum atomic E-state index is 11.8. The first kappa shape index (κ1) is 16.4. The molecule has 0 heterocycles. The van der Waals surface area contributed by atoms with Crippen molar-refractivity contribution in [1.29, 1.82) is 0 Å². The van der Waals surface area contributed by atoms with Crippen molar-refractivity contribution in [3.8, 4) is 0 Å². The van der Waals surface area contributed by atoms with Gasteiger partial charge in [-0.25, -0.2) is 0 Å². The minimum atomic E-state index is -0.604. The molecule has 1 aromatic carbocycles. The Labute approximate surface area is 121 Å². The highest BCUT2D eigenvalue weighted by molar-refractivity contribution is 6.31. The molecule has 0 aliphatic rings. The van der Waals surface area contributed by atoms with Crippen molar-refractivity contribution < 1.29 is 14.8 Å². The van der Waals surface area contributed by atoms with E-state index in [1.54, 1.807) is 6.92 Å². The van der Waals surface area contributed by atoms with Gasteiger partial charge in [0.15, 0.2) is 0 Å². The number of carbonyl (C=O) groups excluding carboxylic acids is 1. The Kier molecular flexibility index (Phi) is 6.37. The van der Waals surface area contributed by atoms with Crippen LogP contribution >= 0.6 is 11.6 Å². The summed E-state index contributed by atoms with van der Waals surface area (Å²) in [6.07, 6.45) is -0.457. The predicted octanol–water partition coefficient (Wildman–Crippen LogP) is 0.948. The zero-order valence-corrected chi connectivity index (χ0v) is 11.7. The first-order chi connectivity index (χ1) is 9.40. The van der Waals surface area contributed by atoms with Crippen molar-refractivity contribution in [3.63, 3.8) is 0 Å². The van der Waals surface area contributed by atoms with Crippen LogP contribution in [0.1, 0.15) is 17.3 Å². The van der Waals surface area contributed by atoms with Gasteiger partial charge in [-0.3, -0.25) is 14.9 Å². The summed E-state index contributed by atoms with van der Waals surface area (Å²) in [5, 5.41) is 25.4. The zero-order chi connectivity index (χ0) is 15.1. The number of non-ortho nitro benzene ring substituents is 1. The van der Waals surface area contributed by atoms with E-state index >= 15 is 0 Å². The van der Waals surface area contributed by atoms with Gasteiger partial charge in [0, 0.05) is 42.4 Å². The molecule has 1 atom stereocenters. The Balaban J connectivity index is 2.53. The van der Waals surface area contributed by atoms with E-state index < -0.39 is 16.9 Å². The fourth-order valence-corrected chi connectivity index (χ4v) is 1.72. The molecule has 0 spiro atoms. The molecule has 1 rings (SSSR count). The third-order valence-corrected chi connectivity index (χ3v) is 2.60. The van der Waals surface area contributed by atoms with Crippen LogP contribution in [0.2, 0.25) is 5.02 Å². The second-order valence-corrected chi connectivity index (χ2v) is 4.70. The molecule has 20 heavy (non-hydrogen) atoms. The van der Waals surface area contributed by atoms with Gasteiger partial charge in [0.05, 0.1) is 11.0 Å². The summed E-state index contributed by atoms with van der Waals surface area (Å²) in [5.41, 5.74) is -0.0883. The number of hydrogen-bond donors (Lipinski definition) is 3. The van der Waals surface area contributed by atoms with Gasteiger partial charge in [0.25, 0.3) is 11.6 Å². The van der Waals surface area contributed by atoms with E-state index in [0.29, 0.717) is 19.6 Å². The van der Waals surface area contributed by atoms with Crippen LogP contribution in [-0.2, 0) is 0 Å². The van der Waals surface area contributed by atoms with Gasteiger partial charge in [-0.15, -0.1) is 0 Å². The van der Waals surface area contributed by atoms with Gasteiger partial charge in [-0.1, -0.05) is 11.6 Å². The molecule has 0 aliphatic carbocycles. The summed E-state index contributed by atoms with van der Waals surface area (Å²) < 4.78 is 0. The first-order valence-corrected chi connectivity index (χ1v) is 6.40. The van der Waals surface area contributed by atoms with E-state index in [9.17, 15) is 14.9 Å². The number of halogens is 1. The number of rotatable bonds is 7. The molecule has 0 bridgehead atoms. The lowest BCUT2D eigenvalue weighted by atomic mass is 10.2. The molecule has 8 heteroatoms. The molecule has 3 N–H and O–H groups in total. The summed E-state index contributed by atoms with van der Waals surface area (Å²) >= 11 is 5.73. The number of nitrogens with one attached hydrogen (secondary N) is 2. The molecule has 0 saturated heterocycles. The summed E-state index contributed by atoms with van der Waals surface area (Å²) in [7, 11) is 0. The number of amides is 1. The topological polar surface area (TPSA) is 104 Å². The largest absolute Gasteiger partial charge is 0.392 e. The number of nitro groups is 1. The second kappa shape index (κ2) is 7.78. The van der Waals surface area contributed by atoms with E-state index in [1.165, 1.54) is 18.2 Å². The summed E-state index contributed by atoms with van der Waals surface area (Å²) in [6, 6.07) is 3.72. The standard InChI is InChI=1S/C12H16ClN3O4/c1-8(17)7-14-2-3-15-12(18)9-4-10(13)6-11(5-9)16(19)20/h4-6,8,14,17H,2-3,7H2,1H3,(H,15,18). The van der Waals surface area contributed by atoms with Crippen LogP contribution in [0, 0.1) is 10.1 Å². The predicted molar refractivity (Wildman–Crippen MR) is 75.0 cm³/mol. The van der Waals surface area contributed by atoms with Crippen LogP contribution in [0.4, 0.5) is 5.69 Å².